The van der Waals surface area contributed by atoms with Gasteiger partial charge < -0.3 is 10.7 Å². The molecule has 0 radical (unpaired) electrons. The van der Waals surface area contributed by atoms with Crippen LogP contribution < -0.4 is 5.32 Å². The van der Waals surface area contributed by atoms with Crippen molar-refractivity contribution in [3.05, 3.63) is 65.6 Å². The first-order chi connectivity index (χ1) is 12.2. The van der Waals surface area contributed by atoms with Crippen LogP contribution in [0.3, 0.4) is 0 Å². The van der Waals surface area contributed by atoms with Crippen molar-refractivity contribution >= 4 is 12.0 Å². The van der Waals surface area contributed by atoms with Crippen molar-refractivity contribution in [3.63, 3.8) is 0 Å². The van der Waals surface area contributed by atoms with E-state index in [-0.39, 0.29) is 5.82 Å². The molecular weight excluding hydrogens is 315 g/mol. The Morgan fingerprint density at radius 3 is 2.52 bits per heavy atom. The van der Waals surface area contributed by atoms with Gasteiger partial charge in [0.1, 0.15) is 11.6 Å². The van der Waals surface area contributed by atoms with Gasteiger partial charge in [0.25, 0.3) is 0 Å². The van der Waals surface area contributed by atoms with Crippen LogP contribution in [0.2, 0.25) is 0 Å². The number of anilines is 1. The molecule has 0 aliphatic heterocycles. The maximum absolute atomic E-state index is 13.1. The van der Waals surface area contributed by atoms with Crippen LogP contribution in [0.4, 0.5) is 10.2 Å². The number of allylic oxidation sites excluding steroid dienone is 3. The summed E-state index contributed by atoms with van der Waals surface area (Å²) < 4.78 is 13.1. The van der Waals surface area contributed by atoms with E-state index in [1.54, 1.807) is 12.1 Å². The molecule has 1 heterocycles. The van der Waals surface area contributed by atoms with Gasteiger partial charge in [0.05, 0.1) is 11.3 Å². The van der Waals surface area contributed by atoms with Crippen molar-refractivity contribution < 1.29 is 4.39 Å². The molecule has 0 atom stereocenters. The zero-order valence-electron chi connectivity index (χ0n) is 14.6. The van der Waals surface area contributed by atoms with Gasteiger partial charge in [-0.3, -0.25) is 0 Å². The summed E-state index contributed by atoms with van der Waals surface area (Å²) in [6, 6.07) is 6.11. The van der Waals surface area contributed by atoms with E-state index in [1.165, 1.54) is 18.3 Å². The smallest absolute Gasteiger partial charge is 0.161 e. The molecule has 0 aliphatic carbocycles. The van der Waals surface area contributed by atoms with Crippen LogP contribution in [0.5, 0.6) is 0 Å². The maximum atomic E-state index is 13.1. The number of benzene rings is 1. The highest BCUT2D eigenvalue weighted by atomic mass is 19.1. The number of nitrogens with one attached hydrogen (secondary N) is 2. The molecule has 4 nitrogen and oxygen atoms in total. The summed E-state index contributed by atoms with van der Waals surface area (Å²) in [5.74, 6) is 0.861. The van der Waals surface area contributed by atoms with E-state index in [2.05, 4.69) is 27.4 Å². The molecule has 2 aromatic rings. The molecule has 1 aromatic carbocycles. The van der Waals surface area contributed by atoms with Gasteiger partial charge in [-0.15, -0.1) is 0 Å². The van der Waals surface area contributed by atoms with Crippen molar-refractivity contribution in [1.82, 2.24) is 9.97 Å². The van der Waals surface area contributed by atoms with Crippen LogP contribution in [0.1, 0.15) is 31.5 Å². The third-order valence-electron chi connectivity index (χ3n) is 3.67. The third kappa shape index (κ3) is 5.08. The number of nitrogens with zero attached hydrogens (tertiary/aromatic N) is 2. The number of aryl methyl sites for hydroxylation is 1. The summed E-state index contributed by atoms with van der Waals surface area (Å²) in [6.07, 6.45) is 11.0. The maximum Gasteiger partial charge on any atom is 0.161 e. The lowest BCUT2D eigenvalue weighted by molar-refractivity contribution is 0.628. The first kappa shape index (κ1) is 18.5. The monoisotopic (exact) mass is 338 g/mol. The highest BCUT2D eigenvalue weighted by Gasteiger charge is 2.12. The zero-order valence-corrected chi connectivity index (χ0v) is 14.6. The Morgan fingerprint density at radius 1 is 1.12 bits per heavy atom. The Morgan fingerprint density at radius 2 is 1.88 bits per heavy atom. The normalized spacial score (nSPS) is 11.3. The second-order valence-corrected chi connectivity index (χ2v) is 5.42. The second-order valence-electron chi connectivity index (χ2n) is 5.42. The summed E-state index contributed by atoms with van der Waals surface area (Å²) in [4.78, 5) is 9.08. The Bertz CT molecular complexity index is 764. The van der Waals surface area contributed by atoms with Crippen molar-refractivity contribution in [3.8, 4) is 11.4 Å². The summed E-state index contributed by atoms with van der Waals surface area (Å²) in [6.45, 7) is 4.60. The molecule has 2 rings (SSSR count). The van der Waals surface area contributed by atoms with Crippen LogP contribution in [0.15, 0.2) is 48.6 Å². The van der Waals surface area contributed by atoms with Gasteiger partial charge >= 0.3 is 0 Å². The van der Waals surface area contributed by atoms with E-state index < -0.39 is 0 Å². The lowest BCUT2D eigenvalue weighted by Crippen LogP contribution is -2.10. The largest absolute Gasteiger partial charge is 0.366 e. The highest BCUT2D eigenvalue weighted by molar-refractivity contribution is 5.86. The molecule has 0 fully saturated rings. The van der Waals surface area contributed by atoms with Gasteiger partial charge in [-0.25, -0.2) is 14.4 Å². The number of halogens is 1. The SMILES string of the molecule is C/C=C\C/C=C\CNc1nc(-c2ccc(F)cc2)nc(CC)c1C=N. The average molecular weight is 338 g/mol. The van der Waals surface area contributed by atoms with E-state index in [0.717, 1.165) is 17.7 Å². The molecule has 5 heteroatoms. The minimum atomic E-state index is -0.291. The first-order valence-electron chi connectivity index (χ1n) is 8.37. The molecule has 25 heavy (non-hydrogen) atoms. The van der Waals surface area contributed by atoms with Crippen LogP contribution >= 0.6 is 0 Å². The molecule has 0 aliphatic rings. The Labute approximate surface area is 148 Å². The Balaban J connectivity index is 2.29. The lowest BCUT2D eigenvalue weighted by atomic mass is 10.1. The van der Waals surface area contributed by atoms with E-state index in [1.807, 2.05) is 26.0 Å². The van der Waals surface area contributed by atoms with Crippen LogP contribution in [-0.4, -0.2) is 22.7 Å². The fraction of sp³-hybridized carbons (Fsp3) is 0.250. The summed E-state index contributed by atoms with van der Waals surface area (Å²) in [5, 5.41) is 10.9. The minimum Gasteiger partial charge on any atom is -0.366 e. The molecule has 130 valence electrons. The number of hydrogen-bond donors (Lipinski definition) is 2. The van der Waals surface area contributed by atoms with Gasteiger partial charge in [0.2, 0.25) is 0 Å². The Hall–Kier alpha value is -2.82. The number of rotatable bonds is 8. The number of hydrogen-bond acceptors (Lipinski definition) is 4. The van der Waals surface area contributed by atoms with Crippen molar-refractivity contribution in [2.75, 3.05) is 11.9 Å². The second kappa shape index (κ2) is 9.47. The summed E-state index contributed by atoms with van der Waals surface area (Å²) in [5.41, 5.74) is 2.24. The van der Waals surface area contributed by atoms with E-state index in [4.69, 9.17) is 5.41 Å². The van der Waals surface area contributed by atoms with E-state index in [0.29, 0.717) is 30.2 Å². The topological polar surface area (TPSA) is 61.7 Å². The summed E-state index contributed by atoms with van der Waals surface area (Å²) in [7, 11) is 0. The van der Waals surface area contributed by atoms with E-state index in [9.17, 15) is 4.39 Å². The Kier molecular flexibility index (Phi) is 7.01. The van der Waals surface area contributed by atoms with Gasteiger partial charge in [0, 0.05) is 18.3 Å². The van der Waals surface area contributed by atoms with Crippen molar-refractivity contribution in [2.45, 2.75) is 26.7 Å². The van der Waals surface area contributed by atoms with Crippen LogP contribution in [0.25, 0.3) is 11.4 Å². The molecule has 1 aromatic heterocycles. The number of aromatic nitrogens is 2. The molecule has 0 saturated carbocycles. The highest BCUT2D eigenvalue weighted by Crippen LogP contribution is 2.22. The lowest BCUT2D eigenvalue weighted by Gasteiger charge is -2.12. The average Bonchev–Trinajstić information content (AvgIpc) is 2.64. The van der Waals surface area contributed by atoms with Gasteiger partial charge in [-0.1, -0.05) is 31.2 Å². The minimum absolute atomic E-state index is 0.291. The fourth-order valence-corrected chi connectivity index (χ4v) is 2.35. The van der Waals surface area contributed by atoms with Gasteiger partial charge in [-0.2, -0.15) is 0 Å². The third-order valence-corrected chi connectivity index (χ3v) is 3.67. The molecular formula is C20H23FN4. The predicted molar refractivity (Wildman–Crippen MR) is 102 cm³/mol. The quantitative estimate of drug-likeness (QED) is 0.538. The van der Waals surface area contributed by atoms with Crippen LogP contribution in [-0.2, 0) is 6.42 Å². The molecule has 0 amide bonds. The van der Waals surface area contributed by atoms with Crippen molar-refractivity contribution in [2.24, 2.45) is 0 Å². The first-order valence-corrected chi connectivity index (χ1v) is 8.37. The van der Waals surface area contributed by atoms with E-state index >= 15 is 0 Å². The zero-order chi connectivity index (χ0) is 18.1. The van der Waals surface area contributed by atoms with Gasteiger partial charge in [-0.05, 0) is 44.0 Å². The standard InChI is InChI=1S/C20H23FN4/c1-3-5-6-7-8-13-23-20-17(14-22)18(4-2)24-19(25-20)15-9-11-16(21)12-10-15/h3,5,7-12,14,22H,4,6,13H2,1-2H3,(H,23,24,25)/b5-3-,8-7-,22-14?. The molecule has 0 saturated heterocycles. The predicted octanol–water partition coefficient (Wildman–Crippen LogP) is 4.78. The fourth-order valence-electron chi connectivity index (χ4n) is 2.35. The van der Waals surface area contributed by atoms with Gasteiger partial charge in [0.15, 0.2) is 5.82 Å². The van der Waals surface area contributed by atoms with Crippen molar-refractivity contribution in [1.29, 1.82) is 5.41 Å². The van der Waals surface area contributed by atoms with Crippen LogP contribution in [0, 0.1) is 11.2 Å². The molecule has 0 bridgehead atoms. The summed E-state index contributed by atoms with van der Waals surface area (Å²) >= 11 is 0. The molecule has 2 N–H and O–H groups in total. The molecule has 0 unspecified atom stereocenters. The molecule has 0 spiro atoms.